The number of carbonyl (C=O) groups excluding carboxylic acids is 1. The van der Waals surface area contributed by atoms with Crippen LogP contribution in [0.2, 0.25) is 0 Å². The first-order valence-electron chi connectivity index (χ1n) is 6.66. The van der Waals surface area contributed by atoms with Gasteiger partial charge in [0.15, 0.2) is 5.82 Å². The summed E-state index contributed by atoms with van der Waals surface area (Å²) in [6.07, 6.45) is 1.66. The van der Waals surface area contributed by atoms with Crippen LogP contribution in [0.25, 0.3) is 0 Å². The molecule has 2 heterocycles. The molecule has 1 amide bonds. The number of nitrogens with two attached hydrogens (primary N) is 1. The highest BCUT2D eigenvalue weighted by molar-refractivity contribution is 5.85. The number of amides is 1. The van der Waals surface area contributed by atoms with E-state index in [1.54, 1.807) is 6.20 Å². The molecule has 21 heavy (non-hydrogen) atoms. The number of nitrogens with zero attached hydrogens (tertiary/aromatic N) is 4. The summed E-state index contributed by atoms with van der Waals surface area (Å²) in [5.74, 6) is 0.895. The van der Waals surface area contributed by atoms with Crippen LogP contribution in [-0.4, -0.2) is 53.2 Å². The molecule has 0 aliphatic carbocycles. The van der Waals surface area contributed by atoms with Gasteiger partial charge in [-0.1, -0.05) is 6.92 Å². The highest BCUT2D eigenvalue weighted by Crippen LogP contribution is 2.14. The smallest absolute Gasteiger partial charge is 0.227 e. The molecule has 6 nitrogen and oxygen atoms in total. The first-order valence-corrected chi connectivity index (χ1v) is 6.66. The van der Waals surface area contributed by atoms with E-state index in [2.05, 4.69) is 15.1 Å². The van der Waals surface area contributed by atoms with Crippen LogP contribution in [0.3, 0.4) is 0 Å². The first kappa shape index (κ1) is 19.9. The Bertz CT molecular complexity index is 424. The van der Waals surface area contributed by atoms with Gasteiger partial charge in [0, 0.05) is 38.4 Å². The van der Waals surface area contributed by atoms with Gasteiger partial charge in [-0.25, -0.2) is 0 Å². The van der Waals surface area contributed by atoms with E-state index in [0.717, 1.165) is 18.9 Å². The van der Waals surface area contributed by atoms with Gasteiger partial charge >= 0.3 is 0 Å². The summed E-state index contributed by atoms with van der Waals surface area (Å²) in [7, 11) is 0. The minimum atomic E-state index is -0.122. The molecule has 1 fully saturated rings. The second kappa shape index (κ2) is 9.02. The predicted octanol–water partition coefficient (Wildman–Crippen LogP) is 0.952. The summed E-state index contributed by atoms with van der Waals surface area (Å²) < 4.78 is 0. The van der Waals surface area contributed by atoms with Crippen molar-refractivity contribution in [3.8, 4) is 0 Å². The molecule has 1 aromatic rings. The molecule has 8 heteroatoms. The molecule has 2 N–H and O–H groups in total. The molecule has 1 aromatic heterocycles. The molecular formula is C13H23Cl2N5O. The standard InChI is InChI=1S/C13H21N5O.2ClH/c1-10(11(2)14)13(19)18-8-6-17(7-9-18)12-4-3-5-15-16-12;;/h3-5,10-11H,6-9,14H2,1-2H3;2*1H. The van der Waals surface area contributed by atoms with Crippen LogP contribution in [0.4, 0.5) is 5.82 Å². The zero-order valence-electron chi connectivity index (χ0n) is 12.3. The van der Waals surface area contributed by atoms with E-state index in [1.165, 1.54) is 0 Å². The van der Waals surface area contributed by atoms with Gasteiger partial charge in [-0.2, -0.15) is 5.10 Å². The molecule has 1 aliphatic rings. The van der Waals surface area contributed by atoms with Crippen molar-refractivity contribution in [2.24, 2.45) is 11.7 Å². The maximum Gasteiger partial charge on any atom is 0.227 e. The second-order valence-electron chi connectivity index (χ2n) is 5.04. The van der Waals surface area contributed by atoms with E-state index in [9.17, 15) is 4.79 Å². The Hall–Kier alpha value is -1.11. The number of hydrogen-bond acceptors (Lipinski definition) is 5. The van der Waals surface area contributed by atoms with Crippen molar-refractivity contribution in [2.45, 2.75) is 19.9 Å². The van der Waals surface area contributed by atoms with Crippen LogP contribution in [0, 0.1) is 5.92 Å². The normalized spacial score (nSPS) is 17.3. The quantitative estimate of drug-likeness (QED) is 0.890. The fourth-order valence-electron chi connectivity index (χ4n) is 2.13. The van der Waals surface area contributed by atoms with Crippen LogP contribution >= 0.6 is 24.8 Å². The van der Waals surface area contributed by atoms with Gasteiger partial charge in [0.1, 0.15) is 0 Å². The Labute approximate surface area is 137 Å². The van der Waals surface area contributed by atoms with Crippen molar-refractivity contribution in [1.29, 1.82) is 0 Å². The van der Waals surface area contributed by atoms with Gasteiger partial charge in [-0.15, -0.1) is 29.9 Å². The van der Waals surface area contributed by atoms with Crippen molar-refractivity contribution in [3.63, 3.8) is 0 Å². The van der Waals surface area contributed by atoms with Gasteiger partial charge in [0.05, 0.1) is 5.92 Å². The van der Waals surface area contributed by atoms with Crippen LogP contribution in [-0.2, 0) is 4.79 Å². The largest absolute Gasteiger partial charge is 0.352 e. The van der Waals surface area contributed by atoms with Crippen molar-refractivity contribution in [1.82, 2.24) is 15.1 Å². The van der Waals surface area contributed by atoms with E-state index < -0.39 is 0 Å². The summed E-state index contributed by atoms with van der Waals surface area (Å²) in [6, 6.07) is 3.71. The second-order valence-corrected chi connectivity index (χ2v) is 5.04. The lowest BCUT2D eigenvalue weighted by molar-refractivity contribution is -0.135. The monoisotopic (exact) mass is 335 g/mol. The van der Waals surface area contributed by atoms with Crippen molar-refractivity contribution in [3.05, 3.63) is 18.3 Å². The lowest BCUT2D eigenvalue weighted by atomic mass is 10.0. The van der Waals surface area contributed by atoms with E-state index in [-0.39, 0.29) is 42.7 Å². The van der Waals surface area contributed by atoms with Crippen molar-refractivity contribution < 1.29 is 4.79 Å². The molecule has 120 valence electrons. The van der Waals surface area contributed by atoms with Gasteiger partial charge in [-0.3, -0.25) is 4.79 Å². The van der Waals surface area contributed by atoms with Gasteiger partial charge in [0.2, 0.25) is 5.91 Å². The Balaban J connectivity index is 0.00000200. The van der Waals surface area contributed by atoms with Crippen LogP contribution in [0.1, 0.15) is 13.8 Å². The topological polar surface area (TPSA) is 75.4 Å². The molecule has 0 radical (unpaired) electrons. The Morgan fingerprint density at radius 1 is 1.24 bits per heavy atom. The molecule has 1 aliphatic heterocycles. The predicted molar refractivity (Wildman–Crippen MR) is 88.1 cm³/mol. The fourth-order valence-corrected chi connectivity index (χ4v) is 2.13. The third-order valence-corrected chi connectivity index (χ3v) is 3.65. The maximum atomic E-state index is 12.2. The van der Waals surface area contributed by atoms with Gasteiger partial charge < -0.3 is 15.5 Å². The molecule has 0 spiro atoms. The number of rotatable bonds is 3. The number of piperazine rings is 1. The number of carbonyl (C=O) groups is 1. The van der Waals surface area contributed by atoms with E-state index in [4.69, 9.17) is 5.73 Å². The van der Waals surface area contributed by atoms with Gasteiger partial charge in [-0.05, 0) is 19.1 Å². The summed E-state index contributed by atoms with van der Waals surface area (Å²) in [5.41, 5.74) is 5.79. The maximum absolute atomic E-state index is 12.2. The summed E-state index contributed by atoms with van der Waals surface area (Å²) in [5, 5.41) is 7.96. The van der Waals surface area contributed by atoms with Crippen LogP contribution in [0.5, 0.6) is 0 Å². The third-order valence-electron chi connectivity index (χ3n) is 3.65. The first-order chi connectivity index (χ1) is 9.09. The molecule has 0 bridgehead atoms. The van der Waals surface area contributed by atoms with E-state index >= 15 is 0 Å². The summed E-state index contributed by atoms with van der Waals surface area (Å²) in [6.45, 7) is 6.77. The Morgan fingerprint density at radius 2 is 1.86 bits per heavy atom. The zero-order chi connectivity index (χ0) is 13.8. The Morgan fingerprint density at radius 3 is 2.33 bits per heavy atom. The number of anilines is 1. The molecule has 2 unspecified atom stereocenters. The molecule has 0 saturated carbocycles. The highest BCUT2D eigenvalue weighted by atomic mass is 35.5. The van der Waals surface area contributed by atoms with Gasteiger partial charge in [0.25, 0.3) is 0 Å². The average Bonchev–Trinajstić information content (AvgIpc) is 2.46. The number of hydrogen-bond donors (Lipinski definition) is 1. The third kappa shape index (κ3) is 4.98. The number of halogens is 2. The zero-order valence-corrected chi connectivity index (χ0v) is 13.9. The molecule has 1 saturated heterocycles. The minimum Gasteiger partial charge on any atom is -0.352 e. The van der Waals surface area contributed by atoms with E-state index in [1.807, 2.05) is 30.9 Å². The molecule has 2 atom stereocenters. The van der Waals surface area contributed by atoms with Crippen LogP contribution in [0.15, 0.2) is 18.3 Å². The van der Waals surface area contributed by atoms with Crippen molar-refractivity contribution in [2.75, 3.05) is 31.1 Å². The minimum absolute atomic E-state index is 0. The van der Waals surface area contributed by atoms with Crippen molar-refractivity contribution >= 4 is 36.5 Å². The Kier molecular flexibility index (Phi) is 8.54. The summed E-state index contributed by atoms with van der Waals surface area (Å²) >= 11 is 0. The molecular weight excluding hydrogens is 313 g/mol. The highest BCUT2D eigenvalue weighted by Gasteiger charge is 2.26. The molecule has 2 rings (SSSR count). The fraction of sp³-hybridized carbons (Fsp3) is 0.615. The number of aromatic nitrogens is 2. The lowest BCUT2D eigenvalue weighted by Crippen LogP contribution is -2.52. The van der Waals surface area contributed by atoms with E-state index in [0.29, 0.717) is 13.1 Å². The average molecular weight is 336 g/mol. The lowest BCUT2D eigenvalue weighted by Gasteiger charge is -2.36. The van der Waals surface area contributed by atoms with Crippen LogP contribution < -0.4 is 10.6 Å². The summed E-state index contributed by atoms with van der Waals surface area (Å²) in [4.78, 5) is 16.2. The molecule has 0 aromatic carbocycles. The SMILES string of the molecule is CC(N)C(C)C(=O)N1CCN(c2cccnn2)CC1.Cl.Cl.